The molecule has 1 aromatic heterocycles. The van der Waals surface area contributed by atoms with Gasteiger partial charge in [0.25, 0.3) is 5.56 Å². The van der Waals surface area contributed by atoms with E-state index in [-0.39, 0.29) is 17.9 Å². The lowest BCUT2D eigenvalue weighted by atomic mass is 10.1. The lowest BCUT2D eigenvalue weighted by Gasteiger charge is -2.03. The maximum absolute atomic E-state index is 13.2. The Morgan fingerprint density at radius 3 is 2.76 bits per heavy atom. The van der Waals surface area contributed by atoms with Crippen molar-refractivity contribution in [1.82, 2.24) is 9.97 Å². The Bertz CT molecular complexity index is 587. The van der Waals surface area contributed by atoms with E-state index in [0.717, 1.165) is 5.56 Å². The number of rotatable bonds is 2. The van der Waals surface area contributed by atoms with Crippen molar-refractivity contribution in [2.45, 2.75) is 13.5 Å². The smallest absolute Gasteiger partial charge is 0.255 e. The third kappa shape index (κ3) is 2.39. The molecular formula is C12H12FN3O. The summed E-state index contributed by atoms with van der Waals surface area (Å²) in [7, 11) is 0. The highest BCUT2D eigenvalue weighted by Gasteiger charge is 2.05. The van der Waals surface area contributed by atoms with Gasteiger partial charge in [-0.2, -0.15) is 0 Å². The van der Waals surface area contributed by atoms with Crippen molar-refractivity contribution in [2.75, 3.05) is 0 Å². The summed E-state index contributed by atoms with van der Waals surface area (Å²) >= 11 is 0. The molecular weight excluding hydrogens is 221 g/mol. The maximum atomic E-state index is 13.2. The topological polar surface area (TPSA) is 71.8 Å². The first-order chi connectivity index (χ1) is 8.10. The van der Waals surface area contributed by atoms with Crippen LogP contribution in [-0.2, 0) is 6.54 Å². The molecule has 0 aliphatic heterocycles. The molecule has 1 heterocycles. The van der Waals surface area contributed by atoms with E-state index in [1.807, 2.05) is 0 Å². The molecule has 0 bridgehead atoms. The molecule has 2 aromatic rings. The van der Waals surface area contributed by atoms with E-state index in [1.165, 1.54) is 18.3 Å². The fourth-order valence-corrected chi connectivity index (χ4v) is 1.59. The van der Waals surface area contributed by atoms with Crippen molar-refractivity contribution in [1.29, 1.82) is 0 Å². The number of H-pyrrole nitrogens is 1. The molecule has 0 aliphatic rings. The van der Waals surface area contributed by atoms with Gasteiger partial charge in [-0.15, -0.1) is 0 Å². The highest BCUT2D eigenvalue weighted by molar-refractivity contribution is 5.55. The second-order valence-corrected chi connectivity index (χ2v) is 3.81. The quantitative estimate of drug-likeness (QED) is 0.822. The Hall–Kier alpha value is -2.01. The molecule has 0 atom stereocenters. The highest BCUT2D eigenvalue weighted by atomic mass is 19.1. The molecule has 0 aliphatic carbocycles. The van der Waals surface area contributed by atoms with Crippen molar-refractivity contribution in [3.05, 3.63) is 51.7 Å². The molecule has 88 valence electrons. The monoisotopic (exact) mass is 233 g/mol. The maximum Gasteiger partial charge on any atom is 0.255 e. The minimum absolute atomic E-state index is 0.130. The van der Waals surface area contributed by atoms with Gasteiger partial charge in [-0.05, 0) is 30.7 Å². The van der Waals surface area contributed by atoms with Crippen LogP contribution in [0.3, 0.4) is 0 Å². The predicted molar refractivity (Wildman–Crippen MR) is 62.9 cm³/mol. The minimum atomic E-state index is -0.356. The lowest BCUT2D eigenvalue weighted by Crippen LogP contribution is -2.17. The van der Waals surface area contributed by atoms with Crippen molar-refractivity contribution in [3.63, 3.8) is 0 Å². The van der Waals surface area contributed by atoms with Crippen LogP contribution >= 0.6 is 0 Å². The zero-order valence-corrected chi connectivity index (χ0v) is 9.33. The molecule has 3 N–H and O–H groups in total. The summed E-state index contributed by atoms with van der Waals surface area (Å²) in [5, 5.41) is 0. The SMILES string of the molecule is Cc1cc(F)cc(-c2ncc(CN)c(=O)[nH]2)c1. The zero-order chi connectivity index (χ0) is 12.4. The summed E-state index contributed by atoms with van der Waals surface area (Å²) < 4.78 is 13.2. The van der Waals surface area contributed by atoms with Crippen LogP contribution in [0.2, 0.25) is 0 Å². The number of hydrogen-bond acceptors (Lipinski definition) is 3. The largest absolute Gasteiger partial charge is 0.326 e. The van der Waals surface area contributed by atoms with Crippen molar-refractivity contribution < 1.29 is 4.39 Å². The van der Waals surface area contributed by atoms with Gasteiger partial charge in [0.15, 0.2) is 0 Å². The van der Waals surface area contributed by atoms with Gasteiger partial charge >= 0.3 is 0 Å². The number of halogens is 1. The summed E-state index contributed by atoms with van der Waals surface area (Å²) in [6.45, 7) is 1.91. The minimum Gasteiger partial charge on any atom is -0.326 e. The van der Waals surface area contributed by atoms with Gasteiger partial charge in [0.05, 0.1) is 0 Å². The van der Waals surface area contributed by atoms with Crippen LogP contribution in [0.25, 0.3) is 11.4 Å². The molecule has 0 amide bonds. The van der Waals surface area contributed by atoms with Crippen molar-refractivity contribution in [2.24, 2.45) is 5.73 Å². The van der Waals surface area contributed by atoms with E-state index in [9.17, 15) is 9.18 Å². The van der Waals surface area contributed by atoms with Gasteiger partial charge in [-0.25, -0.2) is 9.37 Å². The van der Waals surface area contributed by atoms with Crippen molar-refractivity contribution >= 4 is 0 Å². The van der Waals surface area contributed by atoms with Crippen molar-refractivity contribution in [3.8, 4) is 11.4 Å². The van der Waals surface area contributed by atoms with Gasteiger partial charge < -0.3 is 10.7 Å². The summed E-state index contributed by atoms with van der Waals surface area (Å²) in [6, 6.07) is 4.49. The van der Waals surface area contributed by atoms with Crippen LogP contribution in [0.1, 0.15) is 11.1 Å². The molecule has 0 unspecified atom stereocenters. The van der Waals surface area contributed by atoms with E-state index in [2.05, 4.69) is 9.97 Å². The van der Waals surface area contributed by atoms with Crippen LogP contribution in [0.4, 0.5) is 4.39 Å². The Morgan fingerprint density at radius 1 is 1.41 bits per heavy atom. The average Bonchev–Trinajstić information content (AvgIpc) is 2.27. The number of aromatic amines is 1. The first-order valence-electron chi connectivity index (χ1n) is 5.16. The standard InChI is InChI=1S/C12H12FN3O/c1-7-2-8(4-10(13)3-7)11-15-6-9(5-14)12(17)16-11/h2-4,6H,5,14H2,1H3,(H,15,16,17). The fourth-order valence-electron chi connectivity index (χ4n) is 1.59. The van der Waals surface area contributed by atoms with E-state index in [1.54, 1.807) is 13.0 Å². The number of nitrogens with one attached hydrogen (secondary N) is 1. The first kappa shape index (κ1) is 11.5. The number of nitrogens with zero attached hydrogens (tertiary/aromatic N) is 1. The summed E-state index contributed by atoms with van der Waals surface area (Å²) in [6.07, 6.45) is 1.41. The molecule has 17 heavy (non-hydrogen) atoms. The van der Waals surface area contributed by atoms with Gasteiger partial charge in [-0.1, -0.05) is 0 Å². The normalized spacial score (nSPS) is 10.5. The van der Waals surface area contributed by atoms with Gasteiger partial charge in [0, 0.05) is 23.9 Å². The fraction of sp³-hybridized carbons (Fsp3) is 0.167. The molecule has 0 fully saturated rings. The first-order valence-corrected chi connectivity index (χ1v) is 5.16. The van der Waals surface area contributed by atoms with Gasteiger partial charge in [0.1, 0.15) is 11.6 Å². The number of benzene rings is 1. The van der Waals surface area contributed by atoms with Crippen LogP contribution in [-0.4, -0.2) is 9.97 Å². The van der Waals surface area contributed by atoms with E-state index < -0.39 is 0 Å². The molecule has 0 radical (unpaired) electrons. The average molecular weight is 233 g/mol. The third-order valence-electron chi connectivity index (χ3n) is 2.41. The molecule has 5 heteroatoms. The summed E-state index contributed by atoms with van der Waals surface area (Å²) in [5.41, 5.74) is 6.79. The van der Waals surface area contributed by atoms with Crippen LogP contribution in [0.5, 0.6) is 0 Å². The molecule has 1 aromatic carbocycles. The molecule has 0 saturated heterocycles. The number of aromatic nitrogens is 2. The van der Waals surface area contributed by atoms with E-state index in [0.29, 0.717) is 17.0 Å². The summed E-state index contributed by atoms with van der Waals surface area (Å²) in [5.74, 6) is -0.0136. The molecule has 0 spiro atoms. The third-order valence-corrected chi connectivity index (χ3v) is 2.41. The predicted octanol–water partition coefficient (Wildman–Crippen LogP) is 1.34. The lowest BCUT2D eigenvalue weighted by molar-refractivity contribution is 0.627. The Labute approximate surface area is 97.3 Å². The van der Waals surface area contributed by atoms with Crippen LogP contribution in [0.15, 0.2) is 29.2 Å². The number of nitrogens with two attached hydrogens (primary N) is 1. The van der Waals surface area contributed by atoms with Gasteiger partial charge in [0.2, 0.25) is 0 Å². The summed E-state index contributed by atoms with van der Waals surface area (Å²) in [4.78, 5) is 18.2. The molecule has 0 saturated carbocycles. The number of aryl methyl sites for hydroxylation is 1. The second-order valence-electron chi connectivity index (χ2n) is 3.81. The van der Waals surface area contributed by atoms with E-state index in [4.69, 9.17) is 5.73 Å². The Balaban J connectivity index is 2.53. The number of hydrogen-bond donors (Lipinski definition) is 2. The van der Waals surface area contributed by atoms with E-state index >= 15 is 0 Å². The van der Waals surface area contributed by atoms with Crippen LogP contribution in [0, 0.1) is 12.7 Å². The second kappa shape index (κ2) is 4.47. The van der Waals surface area contributed by atoms with Crippen LogP contribution < -0.4 is 11.3 Å². The zero-order valence-electron chi connectivity index (χ0n) is 9.33. The Morgan fingerprint density at radius 2 is 2.18 bits per heavy atom. The molecule has 2 rings (SSSR count). The highest BCUT2D eigenvalue weighted by Crippen LogP contribution is 2.17. The van der Waals surface area contributed by atoms with Gasteiger partial charge in [-0.3, -0.25) is 4.79 Å². The molecule has 4 nitrogen and oxygen atoms in total. The Kier molecular flexibility index (Phi) is 3.01.